The molecule has 2 N–H and O–H groups in total. The van der Waals surface area contributed by atoms with E-state index in [0.29, 0.717) is 12.4 Å². The minimum absolute atomic E-state index is 0.621. The Morgan fingerprint density at radius 2 is 2.00 bits per heavy atom. The molecule has 2 heterocycles. The lowest BCUT2D eigenvalue weighted by Gasteiger charge is -1.98. The lowest BCUT2D eigenvalue weighted by atomic mass is 10.2. The molecule has 5 heteroatoms. The van der Waals surface area contributed by atoms with Crippen molar-refractivity contribution in [1.29, 1.82) is 0 Å². The maximum Gasteiger partial charge on any atom is 0.162 e. The largest absolute Gasteiger partial charge is 0.330 e. The molecule has 0 aromatic carbocycles. The molecule has 0 aliphatic rings. The average Bonchev–Trinajstić information content (AvgIpc) is 2.67. The van der Waals surface area contributed by atoms with Crippen molar-refractivity contribution in [3.05, 3.63) is 30.4 Å². The third kappa shape index (κ3) is 2.19. The van der Waals surface area contributed by atoms with E-state index in [9.17, 15) is 0 Å². The Balaban J connectivity index is 2.23. The summed E-state index contributed by atoms with van der Waals surface area (Å²) >= 11 is 0. The summed E-state index contributed by atoms with van der Waals surface area (Å²) in [5, 5.41) is 4.07. The maximum absolute atomic E-state index is 5.44. The Morgan fingerprint density at radius 3 is 2.53 bits per heavy atom. The van der Waals surface area contributed by atoms with Crippen LogP contribution in [0.5, 0.6) is 0 Å². The van der Waals surface area contributed by atoms with Crippen LogP contribution < -0.4 is 5.73 Å². The molecule has 5 nitrogen and oxygen atoms in total. The fourth-order valence-corrected chi connectivity index (χ4v) is 1.34. The van der Waals surface area contributed by atoms with Crippen LogP contribution in [0.1, 0.15) is 5.56 Å². The molecule has 0 saturated carbocycles. The second-order valence-corrected chi connectivity index (χ2v) is 3.36. The van der Waals surface area contributed by atoms with Crippen LogP contribution in [0.25, 0.3) is 11.4 Å². The quantitative estimate of drug-likeness (QED) is 0.782. The van der Waals surface area contributed by atoms with Gasteiger partial charge in [-0.05, 0) is 18.5 Å². The molecule has 0 saturated heterocycles. The Morgan fingerprint density at radius 1 is 1.27 bits per heavy atom. The van der Waals surface area contributed by atoms with Crippen LogP contribution in [0.15, 0.2) is 24.8 Å². The van der Waals surface area contributed by atoms with E-state index in [2.05, 4.69) is 15.1 Å². The first-order valence-electron chi connectivity index (χ1n) is 4.79. The predicted molar refractivity (Wildman–Crippen MR) is 57.0 cm³/mol. The molecule has 2 rings (SSSR count). The van der Waals surface area contributed by atoms with Crippen molar-refractivity contribution in [2.45, 2.75) is 6.42 Å². The molecule has 0 aliphatic heterocycles. The summed E-state index contributed by atoms with van der Waals surface area (Å²) in [5.41, 5.74) is 7.43. The van der Waals surface area contributed by atoms with Crippen LogP contribution in [-0.4, -0.2) is 26.3 Å². The van der Waals surface area contributed by atoms with Gasteiger partial charge in [0.15, 0.2) is 5.82 Å². The van der Waals surface area contributed by atoms with Crippen LogP contribution in [0, 0.1) is 0 Å². The van der Waals surface area contributed by atoms with Gasteiger partial charge in [-0.25, -0.2) is 9.97 Å². The topological polar surface area (TPSA) is 69.6 Å². The van der Waals surface area contributed by atoms with Crippen LogP contribution in [0.3, 0.4) is 0 Å². The highest BCUT2D eigenvalue weighted by molar-refractivity contribution is 5.51. The van der Waals surface area contributed by atoms with Gasteiger partial charge in [-0.2, -0.15) is 5.10 Å². The monoisotopic (exact) mass is 203 g/mol. The van der Waals surface area contributed by atoms with Gasteiger partial charge in [-0.1, -0.05) is 0 Å². The van der Waals surface area contributed by atoms with E-state index < -0.39 is 0 Å². The number of nitrogens with zero attached hydrogens (tertiary/aromatic N) is 4. The molecule has 0 radical (unpaired) electrons. The Bertz CT molecular complexity index is 431. The summed E-state index contributed by atoms with van der Waals surface area (Å²) in [6.45, 7) is 0.621. The van der Waals surface area contributed by atoms with Gasteiger partial charge in [0.25, 0.3) is 0 Å². The van der Waals surface area contributed by atoms with Crippen molar-refractivity contribution >= 4 is 0 Å². The fourth-order valence-electron chi connectivity index (χ4n) is 1.34. The predicted octanol–water partition coefficient (Wildman–Crippen LogP) is 0.378. The molecule has 78 valence electrons. The smallest absolute Gasteiger partial charge is 0.162 e. The van der Waals surface area contributed by atoms with Gasteiger partial charge in [-0.15, -0.1) is 0 Å². The molecule has 0 spiro atoms. The summed E-state index contributed by atoms with van der Waals surface area (Å²) in [6, 6.07) is 0. The van der Waals surface area contributed by atoms with E-state index in [4.69, 9.17) is 5.73 Å². The van der Waals surface area contributed by atoms with E-state index >= 15 is 0 Å². The molecule has 2 aromatic heterocycles. The molecule has 2 aromatic rings. The van der Waals surface area contributed by atoms with Crippen molar-refractivity contribution < 1.29 is 0 Å². The second kappa shape index (κ2) is 4.18. The van der Waals surface area contributed by atoms with E-state index in [1.165, 1.54) is 0 Å². The normalized spacial score (nSPS) is 10.5. The third-order valence-electron chi connectivity index (χ3n) is 2.10. The Kier molecular flexibility index (Phi) is 2.73. The highest BCUT2D eigenvalue weighted by Crippen LogP contribution is 2.12. The van der Waals surface area contributed by atoms with Gasteiger partial charge in [0, 0.05) is 25.6 Å². The molecular weight excluding hydrogens is 190 g/mol. The van der Waals surface area contributed by atoms with Crippen LogP contribution >= 0.6 is 0 Å². The number of rotatable bonds is 3. The molecule has 0 aliphatic carbocycles. The molecular formula is C10H13N5. The highest BCUT2D eigenvalue weighted by Gasteiger charge is 2.02. The lowest BCUT2D eigenvalue weighted by molar-refractivity contribution is 0.768. The van der Waals surface area contributed by atoms with Gasteiger partial charge in [0.1, 0.15) is 0 Å². The van der Waals surface area contributed by atoms with Crippen molar-refractivity contribution in [3.8, 4) is 11.4 Å². The van der Waals surface area contributed by atoms with E-state index in [1.54, 1.807) is 10.9 Å². The Hall–Kier alpha value is -1.75. The van der Waals surface area contributed by atoms with Crippen LogP contribution in [-0.2, 0) is 13.5 Å². The average molecular weight is 203 g/mol. The fraction of sp³-hybridized carbons (Fsp3) is 0.300. The summed E-state index contributed by atoms with van der Waals surface area (Å²) < 4.78 is 1.73. The highest BCUT2D eigenvalue weighted by atomic mass is 15.2. The number of hydrogen-bond acceptors (Lipinski definition) is 4. The first-order chi connectivity index (χ1) is 7.29. The number of aromatic nitrogens is 4. The summed E-state index contributed by atoms with van der Waals surface area (Å²) in [4.78, 5) is 8.52. The van der Waals surface area contributed by atoms with Crippen LogP contribution in [0.2, 0.25) is 0 Å². The van der Waals surface area contributed by atoms with Crippen molar-refractivity contribution in [2.75, 3.05) is 6.54 Å². The van der Waals surface area contributed by atoms with Gasteiger partial charge in [-0.3, -0.25) is 4.68 Å². The summed E-state index contributed by atoms with van der Waals surface area (Å²) in [5.74, 6) is 0.698. The number of aryl methyl sites for hydroxylation is 1. The van der Waals surface area contributed by atoms with Crippen molar-refractivity contribution in [2.24, 2.45) is 12.8 Å². The van der Waals surface area contributed by atoms with E-state index in [0.717, 1.165) is 17.5 Å². The standard InChI is InChI=1S/C10H13N5/c1-15-7-9(6-14-15)10-12-4-8(2-3-11)5-13-10/h4-7H,2-3,11H2,1H3. The molecule has 0 fully saturated rings. The van der Waals surface area contributed by atoms with Gasteiger partial charge in [0.2, 0.25) is 0 Å². The molecule has 0 atom stereocenters. The van der Waals surface area contributed by atoms with Crippen molar-refractivity contribution in [3.63, 3.8) is 0 Å². The zero-order chi connectivity index (χ0) is 10.7. The van der Waals surface area contributed by atoms with Gasteiger partial charge >= 0.3 is 0 Å². The zero-order valence-corrected chi connectivity index (χ0v) is 8.59. The molecule has 0 bridgehead atoms. The molecule has 15 heavy (non-hydrogen) atoms. The Labute approximate surface area is 88.0 Å². The first kappa shape index (κ1) is 9.79. The summed E-state index contributed by atoms with van der Waals surface area (Å²) in [7, 11) is 1.87. The van der Waals surface area contributed by atoms with E-state index in [-0.39, 0.29) is 0 Å². The van der Waals surface area contributed by atoms with Crippen molar-refractivity contribution in [1.82, 2.24) is 19.7 Å². The van der Waals surface area contributed by atoms with Gasteiger partial charge in [0.05, 0.1) is 11.8 Å². The minimum atomic E-state index is 0.621. The number of hydrogen-bond donors (Lipinski definition) is 1. The molecule has 0 amide bonds. The second-order valence-electron chi connectivity index (χ2n) is 3.36. The summed E-state index contributed by atoms with van der Waals surface area (Å²) in [6.07, 6.45) is 8.06. The molecule has 0 unspecified atom stereocenters. The third-order valence-corrected chi connectivity index (χ3v) is 2.10. The lowest BCUT2D eigenvalue weighted by Crippen LogP contribution is -2.03. The zero-order valence-electron chi connectivity index (χ0n) is 8.59. The maximum atomic E-state index is 5.44. The number of nitrogens with two attached hydrogens (primary N) is 1. The van der Waals surface area contributed by atoms with Gasteiger partial charge < -0.3 is 5.73 Å². The van der Waals surface area contributed by atoms with Crippen LogP contribution in [0.4, 0.5) is 0 Å². The minimum Gasteiger partial charge on any atom is -0.330 e. The first-order valence-corrected chi connectivity index (χ1v) is 4.79. The SMILES string of the molecule is Cn1cc(-c2ncc(CCN)cn2)cn1. The van der Waals surface area contributed by atoms with E-state index in [1.807, 2.05) is 25.6 Å².